The number of nitrogens with one attached hydrogen (secondary N) is 3. The highest BCUT2D eigenvalue weighted by Crippen LogP contribution is 2.26. The maximum Gasteiger partial charge on any atom is 0.305 e. The van der Waals surface area contributed by atoms with Crippen molar-refractivity contribution in [3.05, 3.63) is 90.0 Å². The lowest BCUT2D eigenvalue weighted by molar-refractivity contribution is 0.0826. The molecule has 0 saturated carbocycles. The number of amides is 2. The average molecular weight is 432 g/mol. The van der Waals surface area contributed by atoms with Gasteiger partial charge in [-0.1, -0.05) is 42.5 Å². The molecular formula is C23H20N4O5. The fourth-order valence-corrected chi connectivity index (χ4v) is 2.90. The SMILES string of the molecule is COc1ccccc1OCc1ccc(C(=O)NNC(=O)c2cc(-c3ccccc3)n[nH]2)o1. The van der Waals surface area contributed by atoms with E-state index in [2.05, 4.69) is 21.0 Å². The number of methoxy groups -OCH3 is 1. The molecule has 0 radical (unpaired) electrons. The fourth-order valence-electron chi connectivity index (χ4n) is 2.90. The van der Waals surface area contributed by atoms with Crippen molar-refractivity contribution in [1.29, 1.82) is 0 Å². The van der Waals surface area contributed by atoms with E-state index in [1.165, 1.54) is 6.07 Å². The summed E-state index contributed by atoms with van der Waals surface area (Å²) in [7, 11) is 1.55. The molecule has 9 nitrogen and oxygen atoms in total. The second-order valence-corrected chi connectivity index (χ2v) is 6.65. The third-order valence-electron chi connectivity index (χ3n) is 4.51. The molecular weight excluding hydrogens is 412 g/mol. The summed E-state index contributed by atoms with van der Waals surface area (Å²) in [6.45, 7) is 0.108. The number of carbonyl (C=O) groups excluding carboxylic acids is 2. The molecule has 2 aromatic carbocycles. The molecule has 0 spiro atoms. The van der Waals surface area contributed by atoms with Crippen LogP contribution in [0.5, 0.6) is 11.5 Å². The highest BCUT2D eigenvalue weighted by molar-refractivity contribution is 5.97. The summed E-state index contributed by atoms with van der Waals surface area (Å²) in [4.78, 5) is 24.6. The Morgan fingerprint density at radius 2 is 1.66 bits per heavy atom. The van der Waals surface area contributed by atoms with Crippen molar-refractivity contribution in [1.82, 2.24) is 21.0 Å². The molecule has 0 unspecified atom stereocenters. The predicted octanol–water partition coefficient (Wildman–Crippen LogP) is 3.33. The van der Waals surface area contributed by atoms with E-state index in [-0.39, 0.29) is 18.1 Å². The number of hydrogen-bond acceptors (Lipinski definition) is 6. The molecule has 4 aromatic rings. The maximum atomic E-state index is 12.3. The van der Waals surface area contributed by atoms with Gasteiger partial charge in [0.05, 0.1) is 12.8 Å². The van der Waals surface area contributed by atoms with E-state index >= 15 is 0 Å². The van der Waals surface area contributed by atoms with Crippen molar-refractivity contribution in [2.45, 2.75) is 6.61 Å². The first-order chi connectivity index (χ1) is 15.6. The van der Waals surface area contributed by atoms with Gasteiger partial charge in [-0.05, 0) is 30.3 Å². The first-order valence-corrected chi connectivity index (χ1v) is 9.70. The van der Waals surface area contributed by atoms with Crippen LogP contribution in [-0.4, -0.2) is 29.1 Å². The average Bonchev–Trinajstić information content (AvgIpc) is 3.52. The van der Waals surface area contributed by atoms with Crippen LogP contribution in [0.25, 0.3) is 11.3 Å². The number of furan rings is 1. The van der Waals surface area contributed by atoms with Gasteiger partial charge in [0.25, 0.3) is 5.91 Å². The monoisotopic (exact) mass is 432 g/mol. The molecule has 0 aliphatic heterocycles. The van der Waals surface area contributed by atoms with Crippen LogP contribution < -0.4 is 20.3 Å². The van der Waals surface area contributed by atoms with Gasteiger partial charge >= 0.3 is 5.91 Å². The lowest BCUT2D eigenvalue weighted by atomic mass is 10.1. The zero-order valence-electron chi connectivity index (χ0n) is 17.1. The van der Waals surface area contributed by atoms with Gasteiger partial charge in [0.2, 0.25) is 0 Å². The Hall–Kier alpha value is -4.53. The van der Waals surface area contributed by atoms with Gasteiger partial charge in [-0.25, -0.2) is 0 Å². The van der Waals surface area contributed by atoms with Gasteiger partial charge < -0.3 is 13.9 Å². The third-order valence-corrected chi connectivity index (χ3v) is 4.51. The summed E-state index contributed by atoms with van der Waals surface area (Å²) in [5.41, 5.74) is 6.33. The highest BCUT2D eigenvalue weighted by atomic mass is 16.5. The van der Waals surface area contributed by atoms with Gasteiger partial charge in [0.1, 0.15) is 18.1 Å². The second kappa shape index (κ2) is 9.52. The van der Waals surface area contributed by atoms with Crippen LogP contribution in [0.3, 0.4) is 0 Å². The summed E-state index contributed by atoms with van der Waals surface area (Å²) < 4.78 is 16.4. The van der Waals surface area contributed by atoms with E-state index in [9.17, 15) is 9.59 Å². The van der Waals surface area contributed by atoms with E-state index in [0.717, 1.165) is 5.56 Å². The van der Waals surface area contributed by atoms with Crippen LogP contribution in [-0.2, 0) is 6.61 Å². The minimum atomic E-state index is -0.607. The molecule has 32 heavy (non-hydrogen) atoms. The zero-order valence-corrected chi connectivity index (χ0v) is 17.1. The number of nitrogens with zero attached hydrogens (tertiary/aromatic N) is 1. The molecule has 0 aliphatic carbocycles. The van der Waals surface area contributed by atoms with E-state index in [0.29, 0.717) is 23.0 Å². The Morgan fingerprint density at radius 1 is 0.938 bits per heavy atom. The summed E-state index contributed by atoms with van der Waals surface area (Å²) in [6.07, 6.45) is 0. The number of carbonyl (C=O) groups is 2. The molecule has 2 heterocycles. The smallest absolute Gasteiger partial charge is 0.305 e. The van der Waals surface area contributed by atoms with Crippen LogP contribution in [0.15, 0.2) is 77.2 Å². The number of benzene rings is 2. The van der Waals surface area contributed by atoms with E-state index < -0.39 is 11.8 Å². The van der Waals surface area contributed by atoms with Crippen molar-refractivity contribution < 1.29 is 23.5 Å². The first-order valence-electron chi connectivity index (χ1n) is 9.70. The molecule has 2 amide bonds. The van der Waals surface area contributed by atoms with Crippen molar-refractivity contribution >= 4 is 11.8 Å². The number of aromatic nitrogens is 2. The summed E-state index contributed by atoms with van der Waals surface area (Å²) in [5.74, 6) is 0.462. The minimum Gasteiger partial charge on any atom is -0.493 e. The minimum absolute atomic E-state index is 0.0264. The standard InChI is InChI=1S/C23H20N4O5/c1-30-19-9-5-6-10-20(19)31-14-16-11-12-21(32-16)23(29)27-26-22(28)18-13-17(24-25-18)15-7-3-2-4-8-15/h2-13H,14H2,1H3,(H,24,25)(H,26,28)(H,27,29). The Morgan fingerprint density at radius 3 is 2.44 bits per heavy atom. The molecule has 4 rings (SSSR count). The number of ether oxygens (including phenoxy) is 2. The van der Waals surface area contributed by atoms with Crippen molar-refractivity contribution in [3.63, 3.8) is 0 Å². The zero-order chi connectivity index (χ0) is 22.3. The second-order valence-electron chi connectivity index (χ2n) is 6.65. The number of aromatic amines is 1. The van der Waals surface area contributed by atoms with Gasteiger partial charge in [-0.2, -0.15) is 5.10 Å². The number of hydrogen-bond donors (Lipinski definition) is 3. The number of rotatable bonds is 7. The summed E-state index contributed by atoms with van der Waals surface area (Å²) in [5, 5.41) is 6.76. The molecule has 9 heteroatoms. The Labute approximate surface area is 183 Å². The van der Waals surface area contributed by atoms with Gasteiger partial charge in [-0.15, -0.1) is 0 Å². The Bertz CT molecular complexity index is 1220. The first kappa shape index (κ1) is 20.7. The predicted molar refractivity (Wildman–Crippen MR) is 115 cm³/mol. The van der Waals surface area contributed by atoms with Gasteiger partial charge in [0, 0.05) is 5.56 Å². The highest BCUT2D eigenvalue weighted by Gasteiger charge is 2.15. The van der Waals surface area contributed by atoms with Gasteiger partial charge in [-0.3, -0.25) is 25.5 Å². The molecule has 0 saturated heterocycles. The maximum absolute atomic E-state index is 12.3. The molecule has 0 atom stereocenters. The summed E-state index contributed by atoms with van der Waals surface area (Å²) >= 11 is 0. The largest absolute Gasteiger partial charge is 0.493 e. The molecule has 3 N–H and O–H groups in total. The van der Waals surface area contributed by atoms with Crippen LogP contribution in [0.2, 0.25) is 0 Å². The lowest BCUT2D eigenvalue weighted by Gasteiger charge is -2.08. The lowest BCUT2D eigenvalue weighted by Crippen LogP contribution is -2.41. The van der Waals surface area contributed by atoms with Gasteiger partial charge in [0.15, 0.2) is 17.3 Å². The van der Waals surface area contributed by atoms with Crippen LogP contribution in [0.1, 0.15) is 26.8 Å². The van der Waals surface area contributed by atoms with Crippen LogP contribution in [0, 0.1) is 0 Å². The van der Waals surface area contributed by atoms with Crippen molar-refractivity contribution in [2.75, 3.05) is 7.11 Å². The number of hydrazine groups is 1. The van der Waals surface area contributed by atoms with E-state index in [1.807, 2.05) is 42.5 Å². The molecule has 0 aliphatic rings. The number of H-pyrrole nitrogens is 1. The quantitative estimate of drug-likeness (QED) is 0.386. The van der Waals surface area contributed by atoms with Crippen molar-refractivity contribution in [3.8, 4) is 22.8 Å². The Kier molecular flexibility index (Phi) is 6.17. The van der Waals surface area contributed by atoms with E-state index in [4.69, 9.17) is 13.9 Å². The molecule has 162 valence electrons. The molecule has 0 fully saturated rings. The topological polar surface area (TPSA) is 118 Å². The van der Waals surface area contributed by atoms with E-state index in [1.54, 1.807) is 31.4 Å². The van der Waals surface area contributed by atoms with Crippen LogP contribution in [0.4, 0.5) is 0 Å². The Balaban J connectivity index is 1.30. The molecule has 0 bridgehead atoms. The summed E-state index contributed by atoms with van der Waals surface area (Å²) in [6, 6.07) is 21.3. The third kappa shape index (κ3) is 4.78. The fraction of sp³-hybridized carbons (Fsp3) is 0.0870. The number of para-hydroxylation sites is 2. The molecule has 2 aromatic heterocycles. The normalized spacial score (nSPS) is 10.4. The van der Waals surface area contributed by atoms with Crippen molar-refractivity contribution in [2.24, 2.45) is 0 Å². The van der Waals surface area contributed by atoms with Crippen LogP contribution >= 0.6 is 0 Å².